The highest BCUT2D eigenvalue weighted by Crippen LogP contribution is 2.17. The molecule has 1 amide bonds. The normalized spacial score (nSPS) is 13.4. The Labute approximate surface area is 362 Å². The monoisotopic (exact) mass is 810 g/mol. The predicted molar refractivity (Wildman–Crippen MR) is 258 cm³/mol. The Morgan fingerprint density at radius 3 is 1.14 bits per heavy atom. The summed E-state index contributed by atoms with van der Waals surface area (Å²) in [5.74, 6) is -0.0494. The van der Waals surface area contributed by atoms with Crippen LogP contribution in [0.15, 0.2) is 60.8 Å². The van der Waals surface area contributed by atoms with Gasteiger partial charge in [-0.2, -0.15) is 0 Å². The molecule has 2 atom stereocenters. The van der Waals surface area contributed by atoms with Crippen molar-refractivity contribution >= 4 is 5.91 Å². The Bertz CT molecular complexity index is 965. The summed E-state index contributed by atoms with van der Waals surface area (Å²) in [5.41, 5.74) is 0. The molecule has 0 radical (unpaired) electrons. The van der Waals surface area contributed by atoms with Crippen molar-refractivity contribution in [2.75, 3.05) is 6.61 Å². The van der Waals surface area contributed by atoms with Crippen LogP contribution in [0.5, 0.6) is 0 Å². The van der Waals surface area contributed by atoms with Gasteiger partial charge in [0.1, 0.15) is 0 Å². The third kappa shape index (κ3) is 45.2. The van der Waals surface area contributed by atoms with Crippen LogP contribution < -0.4 is 5.32 Å². The minimum Gasteiger partial charge on any atom is -0.394 e. The van der Waals surface area contributed by atoms with Crippen LogP contribution in [0.25, 0.3) is 0 Å². The third-order valence-electron chi connectivity index (χ3n) is 11.5. The van der Waals surface area contributed by atoms with Crippen LogP contribution in [-0.4, -0.2) is 34.9 Å². The zero-order valence-corrected chi connectivity index (χ0v) is 38.8. The van der Waals surface area contributed by atoms with Crippen molar-refractivity contribution in [2.45, 2.75) is 270 Å². The average Bonchev–Trinajstić information content (AvgIpc) is 3.23. The van der Waals surface area contributed by atoms with E-state index in [4.69, 9.17) is 0 Å². The number of unbranched alkanes of at least 4 members (excludes halogenated alkanes) is 29. The van der Waals surface area contributed by atoms with Crippen LogP contribution in [0.2, 0.25) is 0 Å². The van der Waals surface area contributed by atoms with Crippen molar-refractivity contribution < 1.29 is 15.0 Å². The molecule has 338 valence electrons. The number of aliphatic hydroxyl groups is 2. The lowest BCUT2D eigenvalue weighted by molar-refractivity contribution is -0.123. The highest BCUT2D eigenvalue weighted by molar-refractivity contribution is 5.76. The molecule has 3 N–H and O–H groups in total. The lowest BCUT2D eigenvalue weighted by Crippen LogP contribution is -2.45. The third-order valence-corrected chi connectivity index (χ3v) is 11.5. The van der Waals surface area contributed by atoms with Gasteiger partial charge in [0.05, 0.1) is 18.8 Å². The van der Waals surface area contributed by atoms with Crippen molar-refractivity contribution in [3.05, 3.63) is 60.8 Å². The molecule has 4 heteroatoms. The molecule has 0 heterocycles. The van der Waals surface area contributed by atoms with Crippen molar-refractivity contribution in [3.63, 3.8) is 0 Å². The van der Waals surface area contributed by atoms with Gasteiger partial charge >= 0.3 is 0 Å². The number of nitrogens with one attached hydrogen (secondary N) is 1. The van der Waals surface area contributed by atoms with Crippen LogP contribution in [0.1, 0.15) is 258 Å². The number of amides is 1. The first kappa shape index (κ1) is 56.1. The number of hydrogen-bond acceptors (Lipinski definition) is 3. The zero-order chi connectivity index (χ0) is 42.1. The predicted octanol–water partition coefficient (Wildman–Crippen LogP) is 16.5. The van der Waals surface area contributed by atoms with Crippen LogP contribution in [0, 0.1) is 0 Å². The molecular formula is C54H99NO3. The first-order valence-electron chi connectivity index (χ1n) is 25.5. The first-order valence-corrected chi connectivity index (χ1v) is 25.5. The zero-order valence-electron chi connectivity index (χ0n) is 38.8. The van der Waals surface area contributed by atoms with Crippen LogP contribution in [-0.2, 0) is 4.79 Å². The molecule has 0 bridgehead atoms. The van der Waals surface area contributed by atoms with Crippen molar-refractivity contribution in [3.8, 4) is 0 Å². The summed E-state index contributed by atoms with van der Waals surface area (Å²) in [7, 11) is 0. The van der Waals surface area contributed by atoms with E-state index in [9.17, 15) is 15.0 Å². The maximum absolute atomic E-state index is 12.5. The van der Waals surface area contributed by atoms with Gasteiger partial charge in [0.25, 0.3) is 0 Å². The van der Waals surface area contributed by atoms with Crippen molar-refractivity contribution in [1.82, 2.24) is 5.32 Å². The Kier molecular flexibility index (Phi) is 47.8. The quantitative estimate of drug-likeness (QED) is 0.0424. The smallest absolute Gasteiger partial charge is 0.220 e. The molecule has 0 spiro atoms. The lowest BCUT2D eigenvalue weighted by atomic mass is 10.0. The van der Waals surface area contributed by atoms with E-state index in [1.54, 1.807) is 0 Å². The molecule has 0 aromatic rings. The number of rotatable bonds is 46. The summed E-state index contributed by atoms with van der Waals surface area (Å²) in [6.45, 7) is 4.25. The fourth-order valence-electron chi connectivity index (χ4n) is 7.68. The molecule has 0 rings (SSSR count). The molecule has 0 aromatic heterocycles. The molecule has 58 heavy (non-hydrogen) atoms. The highest BCUT2D eigenvalue weighted by atomic mass is 16.3. The topological polar surface area (TPSA) is 69.6 Å². The van der Waals surface area contributed by atoms with E-state index < -0.39 is 12.1 Å². The summed E-state index contributed by atoms with van der Waals surface area (Å²) in [4.78, 5) is 12.5. The average molecular weight is 810 g/mol. The molecule has 0 aliphatic rings. The Balaban J connectivity index is 3.52. The largest absolute Gasteiger partial charge is 0.394 e. The maximum atomic E-state index is 12.5. The second kappa shape index (κ2) is 49.5. The van der Waals surface area contributed by atoms with E-state index in [2.05, 4.69) is 79.9 Å². The van der Waals surface area contributed by atoms with E-state index >= 15 is 0 Å². The van der Waals surface area contributed by atoms with Crippen LogP contribution in [0.3, 0.4) is 0 Å². The summed E-state index contributed by atoms with van der Waals surface area (Å²) < 4.78 is 0. The Morgan fingerprint density at radius 1 is 0.431 bits per heavy atom. The summed E-state index contributed by atoms with van der Waals surface area (Å²) in [5, 5.41) is 23.3. The molecule has 0 saturated heterocycles. The van der Waals surface area contributed by atoms with Crippen LogP contribution >= 0.6 is 0 Å². The van der Waals surface area contributed by atoms with E-state index in [1.807, 2.05) is 0 Å². The Hall–Kier alpha value is -1.91. The van der Waals surface area contributed by atoms with Crippen molar-refractivity contribution in [1.29, 1.82) is 0 Å². The number of aliphatic hydroxyl groups excluding tert-OH is 2. The van der Waals surface area contributed by atoms with Crippen molar-refractivity contribution in [2.24, 2.45) is 0 Å². The fraction of sp³-hybridized carbons (Fsp3) is 0.796. The second-order valence-corrected chi connectivity index (χ2v) is 17.2. The first-order chi connectivity index (χ1) is 28.7. The second-order valence-electron chi connectivity index (χ2n) is 17.2. The van der Waals surface area contributed by atoms with Gasteiger partial charge in [-0.25, -0.2) is 0 Å². The molecule has 0 aromatic carbocycles. The summed E-state index contributed by atoms with van der Waals surface area (Å²) >= 11 is 0. The Morgan fingerprint density at radius 2 is 0.759 bits per heavy atom. The molecule has 2 unspecified atom stereocenters. The molecule has 4 nitrogen and oxygen atoms in total. The minimum atomic E-state index is -0.672. The van der Waals surface area contributed by atoms with Crippen LogP contribution in [0.4, 0.5) is 0 Å². The fourth-order valence-corrected chi connectivity index (χ4v) is 7.68. The molecule has 0 fully saturated rings. The standard InChI is InChI=1S/C54H99NO3/c1-3-5-7-9-11-13-15-17-19-21-23-25-26-27-28-30-31-33-35-37-39-41-43-45-47-49-53(57)52(51-56)55-54(58)50-48-46-44-42-40-38-36-34-32-29-24-22-20-18-16-14-12-10-8-6-4-2/h6,8,12,14,18,20,24,29,34,36,52-53,56-57H,3-5,7,9-11,13,15-17,19,21-23,25-28,30-33,35,37-51H2,1-2H3,(H,55,58)/b8-6-,14-12-,20-18-,29-24-,36-34-. The van der Waals surface area contributed by atoms with E-state index in [-0.39, 0.29) is 12.5 Å². The number of carbonyl (C=O) groups excluding carboxylic acids is 1. The minimum absolute atomic E-state index is 0.0494. The molecule has 0 saturated carbocycles. The SMILES string of the molecule is CC/C=C\C/C=C\C/C=C\C/C=C\C/C=C\CCCCCCCC(=O)NC(CO)C(O)CCCCCCCCCCCCCCCCCCCCCCCCCCC. The highest BCUT2D eigenvalue weighted by Gasteiger charge is 2.20. The van der Waals surface area contributed by atoms with E-state index in [0.717, 1.165) is 70.6 Å². The van der Waals surface area contributed by atoms with Gasteiger partial charge in [-0.1, -0.05) is 254 Å². The van der Waals surface area contributed by atoms with E-state index in [0.29, 0.717) is 12.8 Å². The van der Waals surface area contributed by atoms with Gasteiger partial charge in [-0.15, -0.1) is 0 Å². The van der Waals surface area contributed by atoms with E-state index in [1.165, 1.54) is 161 Å². The van der Waals surface area contributed by atoms with Gasteiger partial charge in [-0.3, -0.25) is 4.79 Å². The van der Waals surface area contributed by atoms with Gasteiger partial charge < -0.3 is 15.5 Å². The summed E-state index contributed by atoms with van der Waals surface area (Å²) in [6.07, 6.45) is 69.0. The van der Waals surface area contributed by atoms with Gasteiger partial charge in [-0.05, 0) is 57.8 Å². The number of carbonyl (C=O) groups is 1. The summed E-state index contributed by atoms with van der Waals surface area (Å²) in [6, 6.07) is -0.551. The number of hydrogen-bond donors (Lipinski definition) is 3. The lowest BCUT2D eigenvalue weighted by Gasteiger charge is -2.22. The van der Waals surface area contributed by atoms with Gasteiger partial charge in [0.15, 0.2) is 0 Å². The van der Waals surface area contributed by atoms with Gasteiger partial charge in [0, 0.05) is 6.42 Å². The molecule has 0 aliphatic heterocycles. The molecular weight excluding hydrogens is 711 g/mol. The number of allylic oxidation sites excluding steroid dienone is 10. The molecule has 0 aliphatic carbocycles. The maximum Gasteiger partial charge on any atom is 0.220 e. The van der Waals surface area contributed by atoms with Gasteiger partial charge in [0.2, 0.25) is 5.91 Å².